The molecule has 8 heteroatoms. The normalized spacial score (nSPS) is 17.2. The molecule has 0 aromatic rings. The van der Waals surface area contributed by atoms with Crippen molar-refractivity contribution >= 4 is 12.1 Å². The average molecular weight is 330 g/mol. The summed E-state index contributed by atoms with van der Waals surface area (Å²) in [6.45, 7) is 11.0. The van der Waals surface area contributed by atoms with Crippen molar-refractivity contribution in [3.63, 3.8) is 0 Å². The van der Waals surface area contributed by atoms with Crippen molar-refractivity contribution in [3.8, 4) is 0 Å². The number of nitrogens with one attached hydrogen (secondary N) is 1. The third kappa shape index (κ3) is 8.53. The zero-order chi connectivity index (χ0) is 17.3. The molecule has 1 N–H and O–H groups in total. The van der Waals surface area contributed by atoms with E-state index in [9.17, 15) is 9.59 Å². The predicted octanol–water partition coefficient (Wildman–Crippen LogP) is 0.873. The summed E-state index contributed by atoms with van der Waals surface area (Å²) in [6.07, 6.45) is 0.570. The largest absolute Gasteiger partial charge is 0.508 e. The molecule has 0 radical (unpaired) electrons. The van der Waals surface area contributed by atoms with Gasteiger partial charge in [0.25, 0.3) is 0 Å². The maximum atomic E-state index is 12.3. The van der Waals surface area contributed by atoms with Gasteiger partial charge in [-0.15, -0.1) is 0 Å². The Balaban J connectivity index is 2.57. The van der Waals surface area contributed by atoms with Crippen molar-refractivity contribution in [2.75, 3.05) is 39.5 Å². The Morgan fingerprint density at radius 1 is 1.30 bits per heavy atom. The van der Waals surface area contributed by atoms with E-state index in [4.69, 9.17) is 18.9 Å². The Hall–Kier alpha value is -1.64. The van der Waals surface area contributed by atoms with E-state index in [1.54, 1.807) is 20.8 Å². The number of carbonyl (C=O) groups is 2. The highest BCUT2D eigenvalue weighted by molar-refractivity contribution is 5.76. The number of nitrogens with zero attached hydrogens (tertiary/aromatic N) is 1. The van der Waals surface area contributed by atoms with Crippen LogP contribution >= 0.6 is 0 Å². The van der Waals surface area contributed by atoms with E-state index < -0.39 is 23.8 Å². The minimum absolute atomic E-state index is 0.0484. The van der Waals surface area contributed by atoms with Crippen LogP contribution in [0.3, 0.4) is 0 Å². The zero-order valence-corrected chi connectivity index (χ0v) is 14.0. The molecule has 1 fully saturated rings. The van der Waals surface area contributed by atoms with Gasteiger partial charge in [0, 0.05) is 13.1 Å². The number of hydrogen-bond acceptors (Lipinski definition) is 8. The van der Waals surface area contributed by atoms with E-state index >= 15 is 0 Å². The van der Waals surface area contributed by atoms with Crippen LogP contribution < -0.4 is 5.43 Å². The van der Waals surface area contributed by atoms with E-state index in [1.807, 2.05) is 5.01 Å². The lowest BCUT2D eigenvalue weighted by molar-refractivity contribution is -0.161. The molecular formula is C15H26N2O6. The molecule has 0 bridgehead atoms. The number of morpholine rings is 1. The van der Waals surface area contributed by atoms with Crippen LogP contribution in [0.4, 0.5) is 4.79 Å². The first-order valence-electron chi connectivity index (χ1n) is 7.54. The predicted molar refractivity (Wildman–Crippen MR) is 82.7 cm³/mol. The molecule has 23 heavy (non-hydrogen) atoms. The van der Waals surface area contributed by atoms with Crippen LogP contribution in [0.2, 0.25) is 0 Å². The first-order chi connectivity index (χ1) is 10.8. The van der Waals surface area contributed by atoms with Crippen molar-refractivity contribution in [1.29, 1.82) is 0 Å². The molecule has 1 rings (SSSR count). The third-order valence-corrected chi connectivity index (χ3v) is 2.73. The van der Waals surface area contributed by atoms with Crippen molar-refractivity contribution in [2.45, 2.75) is 32.4 Å². The van der Waals surface area contributed by atoms with Crippen LogP contribution in [0.25, 0.3) is 0 Å². The molecule has 0 aromatic carbocycles. The van der Waals surface area contributed by atoms with Gasteiger partial charge in [-0.25, -0.2) is 15.2 Å². The summed E-state index contributed by atoms with van der Waals surface area (Å²) in [5.74, 6) is -0.500. The van der Waals surface area contributed by atoms with Crippen LogP contribution in [-0.2, 0) is 23.7 Å². The molecular weight excluding hydrogens is 304 g/mol. The molecule has 0 spiro atoms. The standard InChI is InChI=1S/C15H26N2O6/c1-5-8-21-14(19)22-11-12(13(18)23-15(2,3)4)16-17-6-9-20-10-7-17/h5,12,16H,1,6-11H2,2-4H3/t12-/m0/s1. The number of carbonyl (C=O) groups excluding carboxylic acids is 2. The highest BCUT2D eigenvalue weighted by Gasteiger charge is 2.29. The topological polar surface area (TPSA) is 86.3 Å². The molecule has 1 saturated heterocycles. The summed E-state index contributed by atoms with van der Waals surface area (Å²) in [7, 11) is 0. The lowest BCUT2D eigenvalue weighted by atomic mass is 10.2. The highest BCUT2D eigenvalue weighted by Crippen LogP contribution is 2.09. The zero-order valence-electron chi connectivity index (χ0n) is 14.0. The van der Waals surface area contributed by atoms with Gasteiger partial charge in [-0.1, -0.05) is 12.7 Å². The fourth-order valence-electron chi connectivity index (χ4n) is 1.76. The smallest absolute Gasteiger partial charge is 0.459 e. The van der Waals surface area contributed by atoms with Gasteiger partial charge >= 0.3 is 12.1 Å². The third-order valence-electron chi connectivity index (χ3n) is 2.73. The lowest BCUT2D eigenvalue weighted by Gasteiger charge is -2.31. The quantitative estimate of drug-likeness (QED) is 0.544. The summed E-state index contributed by atoms with van der Waals surface area (Å²) in [5.41, 5.74) is 2.38. The Morgan fingerprint density at radius 2 is 1.96 bits per heavy atom. The van der Waals surface area contributed by atoms with Crippen LogP contribution in [-0.4, -0.2) is 68.3 Å². The summed E-state index contributed by atoms with van der Waals surface area (Å²) in [4.78, 5) is 23.7. The second-order valence-corrected chi connectivity index (χ2v) is 5.98. The van der Waals surface area contributed by atoms with Gasteiger partial charge in [0.1, 0.15) is 18.8 Å². The Morgan fingerprint density at radius 3 is 2.52 bits per heavy atom. The van der Waals surface area contributed by atoms with Gasteiger partial charge in [-0.2, -0.15) is 0 Å². The van der Waals surface area contributed by atoms with Crippen LogP contribution in [0, 0.1) is 0 Å². The molecule has 1 heterocycles. The Labute approximate surface area is 136 Å². The number of hydrogen-bond donors (Lipinski definition) is 1. The molecule has 0 amide bonds. The molecule has 1 aliphatic rings. The van der Waals surface area contributed by atoms with Gasteiger partial charge in [0.2, 0.25) is 0 Å². The molecule has 0 saturated carbocycles. The summed E-state index contributed by atoms with van der Waals surface area (Å²) < 4.78 is 20.3. The van der Waals surface area contributed by atoms with Crippen molar-refractivity contribution in [1.82, 2.24) is 10.4 Å². The Kier molecular flexibility index (Phi) is 8.01. The molecule has 0 aromatic heterocycles. The number of hydrazine groups is 1. The molecule has 132 valence electrons. The summed E-state index contributed by atoms with van der Waals surface area (Å²) in [6, 6.07) is -0.816. The fraction of sp³-hybridized carbons (Fsp3) is 0.733. The lowest BCUT2D eigenvalue weighted by Crippen LogP contribution is -2.55. The number of ether oxygens (including phenoxy) is 4. The van der Waals surface area contributed by atoms with Crippen molar-refractivity contribution in [2.24, 2.45) is 0 Å². The molecule has 1 aliphatic heterocycles. The van der Waals surface area contributed by atoms with E-state index in [0.29, 0.717) is 26.3 Å². The molecule has 8 nitrogen and oxygen atoms in total. The van der Waals surface area contributed by atoms with Gasteiger partial charge in [0.15, 0.2) is 6.04 Å². The first kappa shape index (κ1) is 19.4. The van der Waals surface area contributed by atoms with Crippen LogP contribution in [0.5, 0.6) is 0 Å². The van der Waals surface area contributed by atoms with Gasteiger partial charge in [-0.05, 0) is 20.8 Å². The van der Waals surface area contributed by atoms with Crippen LogP contribution in [0.1, 0.15) is 20.8 Å². The minimum Gasteiger partial charge on any atom is -0.459 e. The molecule has 0 unspecified atom stereocenters. The summed E-state index contributed by atoms with van der Waals surface area (Å²) in [5, 5.41) is 1.84. The second kappa shape index (κ2) is 9.49. The number of esters is 1. The number of rotatable bonds is 7. The van der Waals surface area contributed by atoms with E-state index in [-0.39, 0.29) is 13.2 Å². The maximum Gasteiger partial charge on any atom is 0.508 e. The fourth-order valence-corrected chi connectivity index (χ4v) is 1.76. The summed E-state index contributed by atoms with van der Waals surface area (Å²) >= 11 is 0. The Bertz CT molecular complexity index is 401. The average Bonchev–Trinajstić information content (AvgIpc) is 2.48. The van der Waals surface area contributed by atoms with Gasteiger partial charge in [-0.3, -0.25) is 4.79 Å². The van der Waals surface area contributed by atoms with Crippen LogP contribution in [0.15, 0.2) is 12.7 Å². The highest BCUT2D eigenvalue weighted by atomic mass is 16.7. The SMILES string of the molecule is C=CCOC(=O)OC[C@H](NN1CCOCC1)C(=O)OC(C)(C)C. The van der Waals surface area contributed by atoms with Gasteiger partial charge < -0.3 is 18.9 Å². The monoisotopic (exact) mass is 330 g/mol. The van der Waals surface area contributed by atoms with Crippen molar-refractivity contribution < 1.29 is 28.5 Å². The van der Waals surface area contributed by atoms with E-state index in [0.717, 1.165) is 0 Å². The molecule has 1 atom stereocenters. The first-order valence-corrected chi connectivity index (χ1v) is 7.54. The van der Waals surface area contributed by atoms with Crippen molar-refractivity contribution in [3.05, 3.63) is 12.7 Å². The van der Waals surface area contributed by atoms with Gasteiger partial charge in [0.05, 0.1) is 13.2 Å². The maximum absolute atomic E-state index is 12.3. The van der Waals surface area contributed by atoms with E-state index in [1.165, 1.54) is 6.08 Å². The van der Waals surface area contributed by atoms with E-state index in [2.05, 4.69) is 12.0 Å². The second-order valence-electron chi connectivity index (χ2n) is 5.98. The minimum atomic E-state index is -0.859. The molecule has 0 aliphatic carbocycles.